The van der Waals surface area contributed by atoms with Crippen LogP contribution >= 0.6 is 0 Å². The number of pyridine rings is 1. The first kappa shape index (κ1) is 14.3. The molecular weight excluding hydrogens is 304 g/mol. The Kier molecular flexibility index (Phi) is 3.45. The van der Waals surface area contributed by atoms with Crippen LogP contribution in [0.15, 0.2) is 41.4 Å². The van der Waals surface area contributed by atoms with Gasteiger partial charge < -0.3 is 4.74 Å². The van der Waals surface area contributed by atoms with Gasteiger partial charge in [-0.05, 0) is 42.8 Å². The summed E-state index contributed by atoms with van der Waals surface area (Å²) in [5.74, 6) is 0.823. The molecule has 0 amide bonds. The number of nitrogens with zero attached hydrogens (tertiary/aromatic N) is 2. The number of hydrogen-bond donors (Lipinski definition) is 2. The Morgan fingerprint density at radius 1 is 1.27 bits per heavy atom. The fourth-order valence-corrected chi connectivity index (χ4v) is 3.42. The summed E-state index contributed by atoms with van der Waals surface area (Å²) >= 11 is 0. The average molecular weight is 318 g/mol. The SMILES string of the molecule is COc1ccc(S(=O)(=O)Nc2n[nH]c3ncccc23)c(C)c1. The first-order valence-electron chi connectivity index (χ1n) is 6.48. The number of ether oxygens (including phenoxy) is 1. The van der Waals surface area contributed by atoms with Gasteiger partial charge in [0.25, 0.3) is 10.0 Å². The molecule has 2 aromatic heterocycles. The van der Waals surface area contributed by atoms with Crippen LogP contribution in [0.3, 0.4) is 0 Å². The second-order valence-electron chi connectivity index (χ2n) is 4.71. The van der Waals surface area contributed by atoms with Crippen LogP contribution in [0.4, 0.5) is 5.82 Å². The summed E-state index contributed by atoms with van der Waals surface area (Å²) in [5, 5.41) is 7.26. The number of nitrogens with one attached hydrogen (secondary N) is 2. The highest BCUT2D eigenvalue weighted by atomic mass is 32.2. The smallest absolute Gasteiger partial charge is 0.263 e. The molecule has 0 radical (unpaired) electrons. The minimum Gasteiger partial charge on any atom is -0.497 e. The number of rotatable bonds is 4. The number of sulfonamides is 1. The van der Waals surface area contributed by atoms with E-state index in [1.54, 1.807) is 37.4 Å². The van der Waals surface area contributed by atoms with Crippen LogP contribution in [0.1, 0.15) is 5.56 Å². The molecule has 22 heavy (non-hydrogen) atoms. The topological polar surface area (TPSA) is 97.0 Å². The van der Waals surface area contributed by atoms with Gasteiger partial charge in [0, 0.05) is 6.20 Å². The number of aromatic amines is 1. The molecule has 0 atom stereocenters. The minimum atomic E-state index is -3.75. The summed E-state index contributed by atoms with van der Waals surface area (Å²) in [4.78, 5) is 4.25. The number of methoxy groups -OCH3 is 1. The van der Waals surface area contributed by atoms with E-state index in [9.17, 15) is 8.42 Å². The van der Waals surface area contributed by atoms with Crippen molar-refractivity contribution in [3.05, 3.63) is 42.1 Å². The Balaban J connectivity index is 2.00. The fourth-order valence-electron chi connectivity index (χ4n) is 2.16. The molecule has 0 spiro atoms. The number of aryl methyl sites for hydroxylation is 1. The van der Waals surface area contributed by atoms with Crippen LogP contribution in [0.2, 0.25) is 0 Å². The molecule has 0 unspecified atom stereocenters. The van der Waals surface area contributed by atoms with Gasteiger partial charge in [0.05, 0.1) is 17.4 Å². The zero-order valence-electron chi connectivity index (χ0n) is 12.0. The van der Waals surface area contributed by atoms with Crippen LogP contribution in [0.5, 0.6) is 5.75 Å². The van der Waals surface area contributed by atoms with E-state index >= 15 is 0 Å². The van der Waals surface area contributed by atoms with Crippen molar-refractivity contribution < 1.29 is 13.2 Å². The van der Waals surface area contributed by atoms with Gasteiger partial charge in [0.1, 0.15) is 5.75 Å². The molecule has 3 rings (SSSR count). The number of aromatic nitrogens is 3. The third kappa shape index (κ3) is 2.48. The summed E-state index contributed by atoms with van der Waals surface area (Å²) in [7, 11) is -2.21. The number of benzene rings is 1. The van der Waals surface area contributed by atoms with Crippen molar-refractivity contribution in [1.82, 2.24) is 15.2 Å². The lowest BCUT2D eigenvalue weighted by atomic mass is 10.2. The molecule has 0 bridgehead atoms. The first-order valence-corrected chi connectivity index (χ1v) is 7.96. The Morgan fingerprint density at radius 3 is 2.82 bits per heavy atom. The first-order chi connectivity index (χ1) is 10.5. The molecule has 1 aromatic carbocycles. The summed E-state index contributed by atoms with van der Waals surface area (Å²) in [5.41, 5.74) is 1.11. The highest BCUT2D eigenvalue weighted by Crippen LogP contribution is 2.25. The Bertz CT molecular complexity index is 934. The Labute approximate surface area is 127 Å². The maximum Gasteiger partial charge on any atom is 0.263 e. The zero-order valence-corrected chi connectivity index (χ0v) is 12.8. The molecule has 0 fully saturated rings. The summed E-state index contributed by atoms with van der Waals surface area (Å²) in [6.45, 7) is 1.71. The van der Waals surface area contributed by atoms with E-state index in [1.165, 1.54) is 13.2 Å². The fraction of sp³-hybridized carbons (Fsp3) is 0.143. The van der Waals surface area contributed by atoms with Gasteiger partial charge >= 0.3 is 0 Å². The molecule has 3 aromatic rings. The van der Waals surface area contributed by atoms with E-state index in [-0.39, 0.29) is 10.7 Å². The normalized spacial score (nSPS) is 11.5. The Morgan fingerprint density at radius 2 is 2.09 bits per heavy atom. The standard InChI is InChI=1S/C14H14N4O3S/c1-9-8-10(21-2)5-6-12(9)22(19,20)18-14-11-4-3-7-15-13(11)16-17-14/h3-8H,1-2H3,(H2,15,16,17,18). The summed E-state index contributed by atoms with van der Waals surface area (Å²) < 4.78 is 32.6. The quantitative estimate of drug-likeness (QED) is 0.767. The van der Waals surface area contributed by atoms with Crippen molar-refractivity contribution >= 4 is 26.9 Å². The van der Waals surface area contributed by atoms with Crippen molar-refractivity contribution in [3.8, 4) is 5.75 Å². The molecule has 7 nitrogen and oxygen atoms in total. The predicted octanol–water partition coefficient (Wildman–Crippen LogP) is 2.08. The van der Waals surface area contributed by atoms with E-state index < -0.39 is 10.0 Å². The summed E-state index contributed by atoms with van der Waals surface area (Å²) in [6.07, 6.45) is 1.60. The molecule has 0 aliphatic carbocycles. The molecule has 2 N–H and O–H groups in total. The lowest BCUT2D eigenvalue weighted by Gasteiger charge is -2.10. The second kappa shape index (κ2) is 5.30. The maximum absolute atomic E-state index is 12.5. The monoisotopic (exact) mass is 318 g/mol. The van der Waals surface area contributed by atoms with Gasteiger partial charge in [-0.1, -0.05) is 0 Å². The van der Waals surface area contributed by atoms with Crippen molar-refractivity contribution in [1.29, 1.82) is 0 Å². The van der Waals surface area contributed by atoms with Crippen LogP contribution < -0.4 is 9.46 Å². The Hall–Kier alpha value is -2.61. The number of H-pyrrole nitrogens is 1. The lowest BCUT2D eigenvalue weighted by Crippen LogP contribution is -2.14. The molecule has 0 saturated heterocycles. The largest absolute Gasteiger partial charge is 0.497 e. The molecule has 8 heteroatoms. The number of hydrogen-bond acceptors (Lipinski definition) is 5. The lowest BCUT2D eigenvalue weighted by molar-refractivity contribution is 0.414. The molecule has 114 valence electrons. The van der Waals surface area contributed by atoms with Crippen LogP contribution in [0.25, 0.3) is 11.0 Å². The van der Waals surface area contributed by atoms with Crippen LogP contribution in [-0.4, -0.2) is 30.7 Å². The third-order valence-corrected chi connectivity index (χ3v) is 4.74. The van der Waals surface area contributed by atoms with Crippen molar-refractivity contribution in [3.63, 3.8) is 0 Å². The van der Waals surface area contributed by atoms with E-state index in [1.807, 2.05) is 0 Å². The van der Waals surface area contributed by atoms with E-state index in [0.717, 1.165) is 0 Å². The van der Waals surface area contributed by atoms with Gasteiger partial charge in [-0.25, -0.2) is 13.4 Å². The van der Waals surface area contributed by atoms with Crippen LogP contribution in [-0.2, 0) is 10.0 Å². The highest BCUT2D eigenvalue weighted by Gasteiger charge is 2.20. The van der Waals surface area contributed by atoms with E-state index in [0.29, 0.717) is 22.3 Å². The van der Waals surface area contributed by atoms with Gasteiger partial charge in [-0.3, -0.25) is 9.82 Å². The molecule has 0 aliphatic rings. The van der Waals surface area contributed by atoms with E-state index in [4.69, 9.17) is 4.74 Å². The van der Waals surface area contributed by atoms with Gasteiger partial charge in [0.2, 0.25) is 0 Å². The van der Waals surface area contributed by atoms with Crippen molar-refractivity contribution in [2.75, 3.05) is 11.8 Å². The van der Waals surface area contributed by atoms with Crippen LogP contribution in [0, 0.1) is 6.92 Å². The molecular formula is C14H14N4O3S. The predicted molar refractivity (Wildman–Crippen MR) is 82.4 cm³/mol. The highest BCUT2D eigenvalue weighted by molar-refractivity contribution is 7.92. The summed E-state index contributed by atoms with van der Waals surface area (Å²) in [6, 6.07) is 8.23. The minimum absolute atomic E-state index is 0.174. The zero-order chi connectivity index (χ0) is 15.7. The van der Waals surface area contributed by atoms with Gasteiger partial charge in [-0.2, -0.15) is 5.10 Å². The third-order valence-electron chi connectivity index (χ3n) is 3.24. The molecule has 2 heterocycles. The van der Waals surface area contributed by atoms with Gasteiger partial charge in [0.15, 0.2) is 11.5 Å². The maximum atomic E-state index is 12.5. The number of fused-ring (bicyclic) bond motifs is 1. The number of anilines is 1. The second-order valence-corrected chi connectivity index (χ2v) is 6.36. The van der Waals surface area contributed by atoms with Crippen molar-refractivity contribution in [2.45, 2.75) is 11.8 Å². The molecule has 0 aliphatic heterocycles. The van der Waals surface area contributed by atoms with Crippen molar-refractivity contribution in [2.24, 2.45) is 0 Å². The average Bonchev–Trinajstić information content (AvgIpc) is 2.89. The van der Waals surface area contributed by atoms with E-state index in [2.05, 4.69) is 19.9 Å². The molecule has 0 saturated carbocycles. The van der Waals surface area contributed by atoms with Gasteiger partial charge in [-0.15, -0.1) is 0 Å².